The van der Waals surface area contributed by atoms with Crippen LogP contribution in [-0.4, -0.2) is 7.05 Å². The summed E-state index contributed by atoms with van der Waals surface area (Å²) < 4.78 is 5.70. The van der Waals surface area contributed by atoms with E-state index in [-0.39, 0.29) is 0 Å². The Hall–Kier alpha value is -1.22. The molecule has 2 aromatic rings. The minimum Gasteiger partial charge on any atom is -0.487 e. The number of nitrogens with one attached hydrogen (secondary N) is 1. The van der Waals surface area contributed by atoms with E-state index in [4.69, 9.17) is 27.9 Å². The van der Waals surface area contributed by atoms with Crippen LogP contribution in [0, 0.1) is 0 Å². The van der Waals surface area contributed by atoms with Gasteiger partial charge in [0.15, 0.2) is 0 Å². The Morgan fingerprint density at radius 3 is 2.63 bits per heavy atom. The summed E-state index contributed by atoms with van der Waals surface area (Å²) in [7, 11) is 1.93. The average Bonchev–Trinajstić information content (AvgIpc) is 2.41. The summed E-state index contributed by atoms with van der Waals surface area (Å²) >= 11 is 12.0. The predicted octanol–water partition coefficient (Wildman–Crippen LogP) is 4.29. The van der Waals surface area contributed by atoms with Crippen molar-refractivity contribution >= 4 is 23.2 Å². The van der Waals surface area contributed by atoms with Crippen molar-refractivity contribution in [2.75, 3.05) is 7.05 Å². The Labute approximate surface area is 123 Å². The Bertz CT molecular complexity index is 558. The van der Waals surface area contributed by atoms with Gasteiger partial charge in [0.1, 0.15) is 12.4 Å². The lowest BCUT2D eigenvalue weighted by Gasteiger charge is -2.09. The molecule has 4 heteroatoms. The predicted molar refractivity (Wildman–Crippen MR) is 80.0 cm³/mol. The molecule has 0 fully saturated rings. The number of rotatable bonds is 5. The highest BCUT2D eigenvalue weighted by atomic mass is 35.5. The minimum absolute atomic E-state index is 0.470. The van der Waals surface area contributed by atoms with Crippen LogP contribution >= 0.6 is 23.2 Å². The number of benzene rings is 2. The standard InChI is InChI=1S/C15H15Cl2NO/c1-18-9-11-3-2-4-12(7-11)10-19-15-8-13(16)5-6-14(15)17/h2-8,18H,9-10H2,1H3. The monoisotopic (exact) mass is 295 g/mol. The van der Waals surface area contributed by atoms with Gasteiger partial charge in [-0.05, 0) is 30.3 Å². The lowest BCUT2D eigenvalue weighted by molar-refractivity contribution is 0.306. The summed E-state index contributed by atoms with van der Waals surface area (Å²) in [6, 6.07) is 13.4. The number of ether oxygens (including phenoxy) is 1. The van der Waals surface area contributed by atoms with Crippen LogP contribution in [-0.2, 0) is 13.2 Å². The lowest BCUT2D eigenvalue weighted by Crippen LogP contribution is -2.05. The van der Waals surface area contributed by atoms with E-state index in [0.29, 0.717) is 22.4 Å². The van der Waals surface area contributed by atoms with E-state index in [9.17, 15) is 0 Å². The average molecular weight is 296 g/mol. The zero-order valence-electron chi connectivity index (χ0n) is 10.6. The molecule has 0 saturated heterocycles. The summed E-state index contributed by atoms with van der Waals surface area (Å²) in [6.45, 7) is 1.31. The molecular formula is C15H15Cl2NO. The van der Waals surface area contributed by atoms with Crippen molar-refractivity contribution in [3.63, 3.8) is 0 Å². The summed E-state index contributed by atoms with van der Waals surface area (Å²) in [6.07, 6.45) is 0. The van der Waals surface area contributed by atoms with Crippen molar-refractivity contribution in [2.45, 2.75) is 13.2 Å². The van der Waals surface area contributed by atoms with Gasteiger partial charge in [0.2, 0.25) is 0 Å². The van der Waals surface area contributed by atoms with Crippen LogP contribution in [0.15, 0.2) is 42.5 Å². The normalized spacial score (nSPS) is 10.5. The van der Waals surface area contributed by atoms with Crippen LogP contribution < -0.4 is 10.1 Å². The van der Waals surface area contributed by atoms with E-state index in [1.807, 2.05) is 19.2 Å². The van der Waals surface area contributed by atoms with E-state index < -0.39 is 0 Å². The molecule has 0 aliphatic carbocycles. The molecule has 0 unspecified atom stereocenters. The molecule has 0 aromatic heterocycles. The van der Waals surface area contributed by atoms with Crippen molar-refractivity contribution in [1.82, 2.24) is 5.32 Å². The zero-order valence-corrected chi connectivity index (χ0v) is 12.1. The molecule has 2 nitrogen and oxygen atoms in total. The first-order valence-electron chi connectivity index (χ1n) is 5.99. The largest absolute Gasteiger partial charge is 0.487 e. The maximum absolute atomic E-state index is 6.05. The van der Waals surface area contributed by atoms with Crippen molar-refractivity contribution in [3.8, 4) is 5.75 Å². The Morgan fingerprint density at radius 1 is 1.05 bits per heavy atom. The molecule has 19 heavy (non-hydrogen) atoms. The number of halogens is 2. The minimum atomic E-state index is 0.470. The van der Waals surface area contributed by atoms with E-state index in [0.717, 1.165) is 12.1 Å². The maximum Gasteiger partial charge on any atom is 0.139 e. The second kappa shape index (κ2) is 6.80. The van der Waals surface area contributed by atoms with Gasteiger partial charge >= 0.3 is 0 Å². The van der Waals surface area contributed by atoms with Crippen molar-refractivity contribution in [2.24, 2.45) is 0 Å². The fourth-order valence-electron chi connectivity index (χ4n) is 1.78. The fraction of sp³-hybridized carbons (Fsp3) is 0.200. The van der Waals surface area contributed by atoms with Crippen molar-refractivity contribution in [3.05, 3.63) is 63.6 Å². The first-order valence-corrected chi connectivity index (χ1v) is 6.75. The first kappa shape index (κ1) is 14.2. The molecule has 0 aliphatic rings. The molecule has 0 amide bonds. The zero-order chi connectivity index (χ0) is 13.7. The molecule has 0 saturated carbocycles. The molecule has 100 valence electrons. The highest BCUT2D eigenvalue weighted by Gasteiger charge is 2.03. The molecule has 0 heterocycles. The van der Waals surface area contributed by atoms with Gasteiger partial charge < -0.3 is 10.1 Å². The smallest absolute Gasteiger partial charge is 0.139 e. The van der Waals surface area contributed by atoms with Gasteiger partial charge in [0.25, 0.3) is 0 Å². The summed E-state index contributed by atoms with van der Waals surface area (Å²) in [5.74, 6) is 0.605. The molecule has 0 radical (unpaired) electrons. The van der Waals surface area contributed by atoms with E-state index in [1.165, 1.54) is 5.56 Å². The molecule has 0 atom stereocenters. The quantitative estimate of drug-likeness (QED) is 0.888. The van der Waals surface area contributed by atoms with Gasteiger partial charge in [0.05, 0.1) is 5.02 Å². The van der Waals surface area contributed by atoms with Gasteiger partial charge in [-0.2, -0.15) is 0 Å². The topological polar surface area (TPSA) is 21.3 Å². The molecular weight excluding hydrogens is 281 g/mol. The van der Waals surface area contributed by atoms with Gasteiger partial charge in [-0.1, -0.05) is 47.5 Å². The Morgan fingerprint density at radius 2 is 1.84 bits per heavy atom. The second-order valence-corrected chi connectivity index (χ2v) is 5.06. The van der Waals surface area contributed by atoms with Crippen molar-refractivity contribution in [1.29, 1.82) is 0 Å². The molecule has 0 spiro atoms. The van der Waals surface area contributed by atoms with Crippen LogP contribution in [0.1, 0.15) is 11.1 Å². The molecule has 2 aromatic carbocycles. The first-order chi connectivity index (χ1) is 9.19. The van der Waals surface area contributed by atoms with Crippen LogP contribution in [0.4, 0.5) is 0 Å². The molecule has 0 bridgehead atoms. The van der Waals surface area contributed by atoms with E-state index >= 15 is 0 Å². The van der Waals surface area contributed by atoms with Crippen LogP contribution in [0.25, 0.3) is 0 Å². The van der Waals surface area contributed by atoms with Gasteiger partial charge in [0, 0.05) is 17.6 Å². The van der Waals surface area contributed by atoms with Crippen molar-refractivity contribution < 1.29 is 4.74 Å². The fourth-order valence-corrected chi connectivity index (χ4v) is 2.12. The van der Waals surface area contributed by atoms with Gasteiger partial charge in [-0.15, -0.1) is 0 Å². The highest BCUT2D eigenvalue weighted by Crippen LogP contribution is 2.28. The lowest BCUT2D eigenvalue weighted by atomic mass is 10.1. The van der Waals surface area contributed by atoms with Gasteiger partial charge in [-0.3, -0.25) is 0 Å². The third-order valence-electron chi connectivity index (χ3n) is 2.66. The summed E-state index contributed by atoms with van der Waals surface area (Å²) in [4.78, 5) is 0. The van der Waals surface area contributed by atoms with Crippen LogP contribution in [0.5, 0.6) is 5.75 Å². The number of hydrogen-bond donors (Lipinski definition) is 1. The molecule has 2 rings (SSSR count). The Balaban J connectivity index is 2.05. The highest BCUT2D eigenvalue weighted by molar-refractivity contribution is 6.34. The van der Waals surface area contributed by atoms with Gasteiger partial charge in [-0.25, -0.2) is 0 Å². The number of hydrogen-bond acceptors (Lipinski definition) is 2. The SMILES string of the molecule is CNCc1cccc(COc2cc(Cl)ccc2Cl)c1. The van der Waals surface area contributed by atoms with Crippen LogP contribution in [0.3, 0.4) is 0 Å². The van der Waals surface area contributed by atoms with E-state index in [1.54, 1.807) is 18.2 Å². The second-order valence-electron chi connectivity index (χ2n) is 4.21. The summed E-state index contributed by atoms with van der Waals surface area (Å²) in [5.41, 5.74) is 2.32. The summed E-state index contributed by atoms with van der Waals surface area (Å²) in [5, 5.41) is 4.30. The third kappa shape index (κ3) is 4.13. The Kier molecular flexibility index (Phi) is 5.08. The van der Waals surface area contributed by atoms with Crippen LogP contribution in [0.2, 0.25) is 10.0 Å². The maximum atomic E-state index is 6.05. The molecule has 1 N–H and O–H groups in total. The molecule has 0 aliphatic heterocycles. The third-order valence-corrected chi connectivity index (χ3v) is 3.21. The van der Waals surface area contributed by atoms with E-state index in [2.05, 4.69) is 17.4 Å².